The van der Waals surface area contributed by atoms with Gasteiger partial charge in [0.1, 0.15) is 11.6 Å². The number of carbonyl (C=O) groups excluding carboxylic acids is 2. The molecule has 0 N–H and O–H groups in total. The number of benzene rings is 1. The van der Waals surface area contributed by atoms with Crippen LogP contribution in [0.2, 0.25) is 0 Å². The maximum Gasteiger partial charge on any atom is 0.409 e. The van der Waals surface area contributed by atoms with E-state index in [4.69, 9.17) is 9.47 Å². The molecule has 2 amide bonds. The summed E-state index contributed by atoms with van der Waals surface area (Å²) in [4.78, 5) is 27.3. The van der Waals surface area contributed by atoms with E-state index in [-0.39, 0.29) is 11.5 Å². The smallest absolute Gasteiger partial charge is 0.409 e. The second-order valence-corrected chi connectivity index (χ2v) is 4.95. The lowest BCUT2D eigenvalue weighted by atomic mass is 10.1. The molecule has 6 nitrogen and oxygen atoms in total. The number of carbonyl (C=O) groups is 2. The van der Waals surface area contributed by atoms with Gasteiger partial charge < -0.3 is 19.3 Å². The van der Waals surface area contributed by atoms with E-state index in [9.17, 15) is 14.0 Å². The Morgan fingerprint density at radius 2 is 1.77 bits per heavy atom. The largest absolute Gasteiger partial charge is 0.496 e. The van der Waals surface area contributed by atoms with Crippen molar-refractivity contribution in [2.24, 2.45) is 0 Å². The predicted octanol–water partition coefficient (Wildman–Crippen LogP) is 1.75. The van der Waals surface area contributed by atoms with Crippen LogP contribution in [-0.4, -0.2) is 62.2 Å². The first-order chi connectivity index (χ1) is 10.6. The van der Waals surface area contributed by atoms with Crippen molar-refractivity contribution in [3.8, 4) is 5.75 Å². The zero-order valence-corrected chi connectivity index (χ0v) is 12.7. The zero-order valence-electron chi connectivity index (χ0n) is 12.7. The lowest BCUT2D eigenvalue weighted by molar-refractivity contribution is 0.0753. The number of amides is 2. The Morgan fingerprint density at radius 3 is 2.45 bits per heavy atom. The number of nitrogens with zero attached hydrogens (tertiary/aromatic N) is 2. The molecular formula is C15H19FN2O4. The Kier molecular flexibility index (Phi) is 5.19. The summed E-state index contributed by atoms with van der Waals surface area (Å²) >= 11 is 0. The van der Waals surface area contributed by atoms with Crippen molar-refractivity contribution in [3.05, 3.63) is 29.6 Å². The van der Waals surface area contributed by atoms with E-state index in [2.05, 4.69) is 0 Å². The molecule has 120 valence electrons. The highest BCUT2D eigenvalue weighted by molar-refractivity contribution is 5.97. The summed E-state index contributed by atoms with van der Waals surface area (Å²) in [5, 5.41) is 0. The van der Waals surface area contributed by atoms with Crippen molar-refractivity contribution < 1.29 is 23.5 Å². The molecule has 7 heteroatoms. The van der Waals surface area contributed by atoms with Crippen LogP contribution in [-0.2, 0) is 4.74 Å². The van der Waals surface area contributed by atoms with Crippen LogP contribution in [0.1, 0.15) is 16.8 Å². The van der Waals surface area contributed by atoms with Gasteiger partial charge in [0, 0.05) is 26.2 Å². The Labute approximate surface area is 128 Å². The van der Waals surface area contributed by atoms with Crippen molar-refractivity contribution in [1.29, 1.82) is 0 Å². The van der Waals surface area contributed by atoms with E-state index >= 15 is 0 Å². The van der Waals surface area contributed by atoms with E-state index in [0.717, 1.165) is 0 Å². The molecule has 2 rings (SSSR count). The van der Waals surface area contributed by atoms with Crippen LogP contribution in [0, 0.1) is 5.82 Å². The quantitative estimate of drug-likeness (QED) is 0.835. The Morgan fingerprint density at radius 1 is 1.09 bits per heavy atom. The minimum Gasteiger partial charge on any atom is -0.496 e. The summed E-state index contributed by atoms with van der Waals surface area (Å²) in [7, 11) is 2.76. The fourth-order valence-electron chi connectivity index (χ4n) is 2.45. The van der Waals surface area contributed by atoms with Gasteiger partial charge in [-0.1, -0.05) is 0 Å². The SMILES string of the molecule is COC(=O)N1CCCN(C(=O)c2cc(F)ccc2OC)CC1. The van der Waals surface area contributed by atoms with Crippen molar-refractivity contribution in [2.75, 3.05) is 40.4 Å². The van der Waals surface area contributed by atoms with E-state index in [1.165, 1.54) is 32.4 Å². The van der Waals surface area contributed by atoms with Crippen LogP contribution in [0.25, 0.3) is 0 Å². The van der Waals surface area contributed by atoms with E-state index in [1.807, 2.05) is 0 Å². The molecule has 1 aliphatic heterocycles. The van der Waals surface area contributed by atoms with Gasteiger partial charge in [-0.25, -0.2) is 9.18 Å². The zero-order chi connectivity index (χ0) is 16.1. The van der Waals surface area contributed by atoms with Crippen molar-refractivity contribution in [1.82, 2.24) is 9.80 Å². The Balaban J connectivity index is 2.13. The van der Waals surface area contributed by atoms with Gasteiger partial charge in [-0.15, -0.1) is 0 Å². The average molecular weight is 310 g/mol. The lowest BCUT2D eigenvalue weighted by Crippen LogP contribution is -2.37. The van der Waals surface area contributed by atoms with Gasteiger partial charge in [0.25, 0.3) is 5.91 Å². The molecule has 0 saturated carbocycles. The van der Waals surface area contributed by atoms with Gasteiger partial charge in [0.2, 0.25) is 0 Å². The maximum atomic E-state index is 13.4. The van der Waals surface area contributed by atoms with Crippen LogP contribution in [0.4, 0.5) is 9.18 Å². The number of hydrogen-bond acceptors (Lipinski definition) is 4. The van der Waals surface area contributed by atoms with Crippen LogP contribution in [0.3, 0.4) is 0 Å². The van der Waals surface area contributed by atoms with Gasteiger partial charge in [0.05, 0.1) is 19.8 Å². The van der Waals surface area contributed by atoms with Gasteiger partial charge >= 0.3 is 6.09 Å². The molecule has 1 aromatic rings. The van der Waals surface area contributed by atoms with Crippen LogP contribution < -0.4 is 4.74 Å². The van der Waals surface area contributed by atoms with E-state index in [0.29, 0.717) is 38.3 Å². The average Bonchev–Trinajstić information content (AvgIpc) is 2.79. The third-order valence-electron chi connectivity index (χ3n) is 3.61. The summed E-state index contributed by atoms with van der Waals surface area (Å²) < 4.78 is 23.2. The molecule has 0 aromatic heterocycles. The van der Waals surface area contributed by atoms with Crippen molar-refractivity contribution in [2.45, 2.75) is 6.42 Å². The minimum atomic E-state index is -0.491. The second-order valence-electron chi connectivity index (χ2n) is 4.95. The summed E-state index contributed by atoms with van der Waals surface area (Å²) in [6.07, 6.45) is 0.232. The Bertz CT molecular complexity index is 564. The van der Waals surface area contributed by atoms with Gasteiger partial charge in [0.15, 0.2) is 0 Å². The molecule has 0 bridgehead atoms. The predicted molar refractivity (Wildman–Crippen MR) is 77.5 cm³/mol. The minimum absolute atomic E-state index is 0.189. The number of halogens is 1. The molecule has 1 heterocycles. The van der Waals surface area contributed by atoms with Gasteiger partial charge in [-0.05, 0) is 24.6 Å². The topological polar surface area (TPSA) is 59.1 Å². The van der Waals surface area contributed by atoms with Crippen molar-refractivity contribution >= 4 is 12.0 Å². The number of rotatable bonds is 2. The third kappa shape index (κ3) is 3.47. The molecule has 22 heavy (non-hydrogen) atoms. The van der Waals surface area contributed by atoms with Crippen LogP contribution in [0.15, 0.2) is 18.2 Å². The van der Waals surface area contributed by atoms with E-state index in [1.54, 1.807) is 9.80 Å². The maximum absolute atomic E-state index is 13.4. The normalized spacial score (nSPS) is 15.2. The van der Waals surface area contributed by atoms with Gasteiger partial charge in [-0.2, -0.15) is 0 Å². The standard InChI is InChI=1S/C15H19FN2O4/c1-21-13-5-4-11(16)10-12(13)14(19)17-6-3-7-18(9-8-17)15(20)22-2/h4-5,10H,3,6-9H2,1-2H3. The first-order valence-corrected chi connectivity index (χ1v) is 7.02. The molecule has 0 radical (unpaired) electrons. The highest BCUT2D eigenvalue weighted by Gasteiger charge is 2.25. The summed E-state index contributed by atoms with van der Waals surface area (Å²) in [6.45, 7) is 1.77. The van der Waals surface area contributed by atoms with Crippen LogP contribution in [0.5, 0.6) is 5.75 Å². The number of hydrogen-bond donors (Lipinski definition) is 0. The van der Waals surface area contributed by atoms with Crippen molar-refractivity contribution in [3.63, 3.8) is 0 Å². The molecule has 1 aromatic carbocycles. The first-order valence-electron chi connectivity index (χ1n) is 7.02. The first kappa shape index (κ1) is 16.1. The number of methoxy groups -OCH3 is 2. The highest BCUT2D eigenvalue weighted by atomic mass is 19.1. The lowest BCUT2D eigenvalue weighted by Gasteiger charge is -2.22. The molecule has 0 aliphatic carbocycles. The summed E-state index contributed by atoms with van der Waals surface area (Å²) in [5.74, 6) is -0.460. The molecule has 1 aliphatic rings. The molecule has 1 saturated heterocycles. The van der Waals surface area contributed by atoms with Crippen LogP contribution >= 0.6 is 0 Å². The molecule has 0 unspecified atom stereocenters. The number of ether oxygens (including phenoxy) is 2. The second kappa shape index (κ2) is 7.11. The highest BCUT2D eigenvalue weighted by Crippen LogP contribution is 2.22. The Hall–Kier alpha value is -2.31. The summed E-state index contributed by atoms with van der Waals surface area (Å²) in [5.41, 5.74) is 0.189. The van der Waals surface area contributed by atoms with Gasteiger partial charge in [-0.3, -0.25) is 4.79 Å². The van der Waals surface area contributed by atoms with E-state index < -0.39 is 11.9 Å². The fraction of sp³-hybridized carbons (Fsp3) is 0.467. The molecular weight excluding hydrogens is 291 g/mol. The molecule has 0 spiro atoms. The summed E-state index contributed by atoms with van der Waals surface area (Å²) in [6, 6.07) is 3.85. The monoisotopic (exact) mass is 310 g/mol. The molecule has 1 fully saturated rings. The molecule has 0 atom stereocenters. The fourth-order valence-corrected chi connectivity index (χ4v) is 2.45. The third-order valence-corrected chi connectivity index (χ3v) is 3.61.